The maximum atomic E-state index is 11.8. The number of nitrogens with zero attached hydrogens (tertiary/aromatic N) is 3. The molecule has 4 rings (SSSR count). The van der Waals surface area contributed by atoms with E-state index in [1.54, 1.807) is 4.90 Å². The van der Waals surface area contributed by atoms with Crippen LogP contribution in [0.15, 0.2) is 6.07 Å². The zero-order valence-corrected chi connectivity index (χ0v) is 15.5. The molecule has 1 amide bonds. The number of rotatable bonds is 5. The van der Waals surface area contributed by atoms with Crippen LogP contribution in [0.5, 0.6) is 0 Å². The molecule has 3 aliphatic rings. The molecule has 0 radical (unpaired) electrons. The first-order valence-corrected chi connectivity index (χ1v) is 9.95. The lowest BCUT2D eigenvalue weighted by molar-refractivity contribution is 0.0983. The number of carbonyl (C=O) groups is 1. The number of nitrogens with one attached hydrogen (secondary N) is 1. The molecular formula is C19H29N5O2. The first-order chi connectivity index (χ1) is 12.6. The number of hydrogen-bond donors (Lipinski definition) is 2. The summed E-state index contributed by atoms with van der Waals surface area (Å²) in [5.41, 5.74) is 7.11. The molecule has 3 N–H and O–H groups in total. The minimum atomic E-state index is -0.201. The molecule has 1 aromatic rings. The Balaban J connectivity index is 1.39. The average molecular weight is 359 g/mol. The molecule has 0 bridgehead atoms. The third kappa shape index (κ3) is 3.92. The van der Waals surface area contributed by atoms with E-state index < -0.39 is 0 Å². The number of hydrogen-bond acceptors (Lipinski definition) is 6. The van der Waals surface area contributed by atoms with Crippen molar-refractivity contribution in [2.45, 2.75) is 69.4 Å². The van der Waals surface area contributed by atoms with Crippen LogP contribution in [0.1, 0.15) is 68.8 Å². The van der Waals surface area contributed by atoms with Crippen LogP contribution >= 0.6 is 0 Å². The standard InChI is InChI=1S/C19H29N5O2/c1-2-26-19(25)24-7-5-15(6-8-24)21-17-11-16(13-9-14(20)10-13)22-18(23-17)12-3-4-12/h11-15H,2-10,20H2,1H3,(H,21,22,23). The van der Waals surface area contributed by atoms with Crippen LogP contribution in [0.25, 0.3) is 0 Å². The second-order valence-electron chi connectivity index (χ2n) is 7.84. The summed E-state index contributed by atoms with van der Waals surface area (Å²) in [6.07, 6.45) is 6.07. The smallest absolute Gasteiger partial charge is 0.409 e. The second-order valence-corrected chi connectivity index (χ2v) is 7.84. The lowest BCUT2D eigenvalue weighted by Crippen LogP contribution is -2.42. The van der Waals surface area contributed by atoms with E-state index in [0.717, 1.165) is 56.1 Å². The van der Waals surface area contributed by atoms with Gasteiger partial charge in [-0.2, -0.15) is 0 Å². The van der Waals surface area contributed by atoms with Crippen LogP contribution in [0.3, 0.4) is 0 Å². The first kappa shape index (κ1) is 17.5. The molecule has 26 heavy (non-hydrogen) atoms. The van der Waals surface area contributed by atoms with Crippen molar-refractivity contribution in [2.75, 3.05) is 25.0 Å². The van der Waals surface area contributed by atoms with E-state index in [4.69, 9.17) is 20.4 Å². The number of nitrogens with two attached hydrogens (primary N) is 1. The van der Waals surface area contributed by atoms with Gasteiger partial charge in [0, 0.05) is 48.8 Å². The van der Waals surface area contributed by atoms with Gasteiger partial charge in [-0.3, -0.25) is 0 Å². The average Bonchev–Trinajstić information content (AvgIpc) is 3.45. The zero-order chi connectivity index (χ0) is 18.1. The lowest BCUT2D eigenvalue weighted by atomic mass is 9.78. The second kappa shape index (κ2) is 7.39. The van der Waals surface area contributed by atoms with Crippen LogP contribution in [-0.4, -0.2) is 52.7 Å². The van der Waals surface area contributed by atoms with E-state index >= 15 is 0 Å². The molecule has 1 aliphatic heterocycles. The Hall–Kier alpha value is -1.89. The van der Waals surface area contributed by atoms with Gasteiger partial charge in [0.15, 0.2) is 0 Å². The Morgan fingerprint density at radius 1 is 1.23 bits per heavy atom. The molecule has 1 saturated heterocycles. The zero-order valence-electron chi connectivity index (χ0n) is 15.5. The summed E-state index contributed by atoms with van der Waals surface area (Å²) in [4.78, 5) is 23.2. The first-order valence-electron chi connectivity index (χ1n) is 9.95. The van der Waals surface area contributed by atoms with Crippen molar-refractivity contribution < 1.29 is 9.53 Å². The summed E-state index contributed by atoms with van der Waals surface area (Å²) in [5, 5.41) is 3.59. The van der Waals surface area contributed by atoms with Crippen molar-refractivity contribution in [3.8, 4) is 0 Å². The minimum Gasteiger partial charge on any atom is -0.450 e. The summed E-state index contributed by atoms with van der Waals surface area (Å²) in [6, 6.07) is 2.77. The highest BCUT2D eigenvalue weighted by Gasteiger charge is 2.32. The third-order valence-electron chi connectivity index (χ3n) is 5.67. The minimum absolute atomic E-state index is 0.201. The number of anilines is 1. The summed E-state index contributed by atoms with van der Waals surface area (Å²) in [5.74, 6) is 2.95. The molecule has 0 spiro atoms. The molecule has 2 aliphatic carbocycles. The van der Waals surface area contributed by atoms with Gasteiger partial charge in [-0.1, -0.05) is 0 Å². The van der Waals surface area contributed by atoms with Crippen LogP contribution in [0.2, 0.25) is 0 Å². The molecule has 142 valence electrons. The number of amides is 1. The maximum Gasteiger partial charge on any atom is 0.409 e. The van der Waals surface area contributed by atoms with Gasteiger partial charge in [0.1, 0.15) is 11.6 Å². The highest BCUT2D eigenvalue weighted by molar-refractivity contribution is 5.67. The van der Waals surface area contributed by atoms with Crippen molar-refractivity contribution in [1.82, 2.24) is 14.9 Å². The SMILES string of the molecule is CCOC(=O)N1CCC(Nc2cc(C3CC(N)C3)nc(C3CC3)n2)CC1. The van der Waals surface area contributed by atoms with E-state index in [-0.39, 0.29) is 6.09 Å². The molecule has 1 aromatic heterocycles. The summed E-state index contributed by atoms with van der Waals surface area (Å²) in [6.45, 7) is 3.71. The molecule has 7 nitrogen and oxygen atoms in total. The van der Waals surface area contributed by atoms with Crippen molar-refractivity contribution in [3.63, 3.8) is 0 Å². The van der Waals surface area contributed by atoms with Gasteiger partial charge >= 0.3 is 6.09 Å². The Morgan fingerprint density at radius 3 is 2.58 bits per heavy atom. The summed E-state index contributed by atoms with van der Waals surface area (Å²) in [7, 11) is 0. The molecule has 0 aromatic carbocycles. The lowest BCUT2D eigenvalue weighted by Gasteiger charge is -2.33. The van der Waals surface area contributed by atoms with Crippen LogP contribution in [0.4, 0.5) is 10.6 Å². The molecule has 7 heteroatoms. The van der Waals surface area contributed by atoms with Crippen LogP contribution in [0, 0.1) is 0 Å². The molecule has 0 unspecified atom stereocenters. The molecular weight excluding hydrogens is 330 g/mol. The third-order valence-corrected chi connectivity index (χ3v) is 5.67. The maximum absolute atomic E-state index is 11.8. The Morgan fingerprint density at radius 2 is 1.96 bits per heavy atom. The Labute approximate surface area is 154 Å². The van der Waals surface area contributed by atoms with E-state index in [1.807, 2.05) is 6.92 Å². The number of aromatic nitrogens is 2. The van der Waals surface area contributed by atoms with Gasteiger partial charge in [-0.25, -0.2) is 14.8 Å². The topological polar surface area (TPSA) is 93.4 Å². The summed E-state index contributed by atoms with van der Waals surface area (Å²) >= 11 is 0. The number of likely N-dealkylation sites (tertiary alicyclic amines) is 1. The van der Waals surface area contributed by atoms with Gasteiger partial charge in [0.05, 0.1) is 6.61 Å². The quantitative estimate of drug-likeness (QED) is 0.839. The normalized spacial score (nSPS) is 26.3. The van der Waals surface area contributed by atoms with Crippen molar-refractivity contribution >= 4 is 11.9 Å². The van der Waals surface area contributed by atoms with Gasteiger partial charge < -0.3 is 20.7 Å². The van der Waals surface area contributed by atoms with E-state index in [9.17, 15) is 4.79 Å². The van der Waals surface area contributed by atoms with Crippen molar-refractivity contribution in [1.29, 1.82) is 0 Å². The predicted molar refractivity (Wildman–Crippen MR) is 99.2 cm³/mol. The molecule has 3 fully saturated rings. The van der Waals surface area contributed by atoms with Gasteiger partial charge in [0.2, 0.25) is 0 Å². The van der Waals surface area contributed by atoms with Gasteiger partial charge in [-0.15, -0.1) is 0 Å². The Kier molecular flexibility index (Phi) is 4.98. The van der Waals surface area contributed by atoms with Gasteiger partial charge in [-0.05, 0) is 45.4 Å². The van der Waals surface area contributed by atoms with Crippen LogP contribution < -0.4 is 11.1 Å². The largest absolute Gasteiger partial charge is 0.450 e. The van der Waals surface area contributed by atoms with E-state index in [0.29, 0.717) is 30.5 Å². The summed E-state index contributed by atoms with van der Waals surface area (Å²) < 4.78 is 5.09. The number of ether oxygens (including phenoxy) is 1. The van der Waals surface area contributed by atoms with Crippen molar-refractivity contribution in [3.05, 3.63) is 17.6 Å². The predicted octanol–water partition coefficient (Wildman–Crippen LogP) is 2.59. The molecule has 2 heterocycles. The Bertz CT molecular complexity index is 649. The fraction of sp³-hybridized carbons (Fsp3) is 0.737. The van der Waals surface area contributed by atoms with Crippen LogP contribution in [-0.2, 0) is 4.74 Å². The van der Waals surface area contributed by atoms with E-state index in [1.165, 1.54) is 12.8 Å². The fourth-order valence-electron chi connectivity index (χ4n) is 3.83. The van der Waals surface area contributed by atoms with Gasteiger partial charge in [0.25, 0.3) is 0 Å². The molecule has 0 atom stereocenters. The fourth-order valence-corrected chi connectivity index (χ4v) is 3.83. The monoisotopic (exact) mass is 359 g/mol. The molecule has 2 saturated carbocycles. The highest BCUT2D eigenvalue weighted by atomic mass is 16.6. The van der Waals surface area contributed by atoms with E-state index in [2.05, 4.69) is 11.4 Å². The number of carbonyl (C=O) groups excluding carboxylic acids is 1. The highest BCUT2D eigenvalue weighted by Crippen LogP contribution is 2.41. The number of piperidine rings is 1. The van der Waals surface area contributed by atoms with Crippen molar-refractivity contribution in [2.24, 2.45) is 5.73 Å².